The third-order valence-electron chi connectivity index (χ3n) is 4.11. The zero-order chi connectivity index (χ0) is 15.2. The lowest BCUT2D eigenvalue weighted by molar-refractivity contribution is -0.118. The Kier molecular flexibility index (Phi) is 5.32. The second-order valence-electron chi connectivity index (χ2n) is 5.66. The summed E-state index contributed by atoms with van der Waals surface area (Å²) in [4.78, 5) is 14.4. The molecule has 2 unspecified atom stereocenters. The smallest absolute Gasteiger partial charge is 0.238 e. The summed E-state index contributed by atoms with van der Waals surface area (Å²) in [6, 6.07) is 9.52. The van der Waals surface area contributed by atoms with Gasteiger partial charge in [-0.3, -0.25) is 9.69 Å². The van der Waals surface area contributed by atoms with Crippen LogP contribution in [-0.2, 0) is 4.79 Å². The van der Waals surface area contributed by atoms with Crippen LogP contribution in [0.4, 0.5) is 5.69 Å². The van der Waals surface area contributed by atoms with E-state index in [4.69, 9.17) is 11.0 Å². The largest absolute Gasteiger partial charge is 0.330 e. The third kappa shape index (κ3) is 4.03. The van der Waals surface area contributed by atoms with Crippen molar-refractivity contribution in [3.63, 3.8) is 0 Å². The molecule has 1 saturated heterocycles. The highest BCUT2D eigenvalue weighted by atomic mass is 16.2. The van der Waals surface area contributed by atoms with E-state index in [2.05, 4.69) is 23.2 Å². The number of rotatable bonds is 4. The number of nitriles is 1. The van der Waals surface area contributed by atoms with Gasteiger partial charge >= 0.3 is 0 Å². The molecule has 21 heavy (non-hydrogen) atoms. The Labute approximate surface area is 125 Å². The molecule has 1 aromatic carbocycles. The van der Waals surface area contributed by atoms with Crippen molar-refractivity contribution in [2.75, 3.05) is 25.0 Å². The molecule has 0 radical (unpaired) electrons. The molecule has 3 N–H and O–H groups in total. The maximum Gasteiger partial charge on any atom is 0.238 e. The molecule has 1 fully saturated rings. The molecule has 0 spiro atoms. The molecule has 1 amide bonds. The lowest BCUT2D eigenvalue weighted by Crippen LogP contribution is -2.47. The van der Waals surface area contributed by atoms with Crippen LogP contribution in [0.15, 0.2) is 24.3 Å². The molecular formula is C16H22N4O. The Morgan fingerprint density at radius 2 is 2.24 bits per heavy atom. The van der Waals surface area contributed by atoms with Crippen molar-refractivity contribution < 1.29 is 4.79 Å². The van der Waals surface area contributed by atoms with Crippen LogP contribution in [0, 0.1) is 17.2 Å². The summed E-state index contributed by atoms with van der Waals surface area (Å²) in [6.07, 6.45) is 2.21. The Morgan fingerprint density at radius 3 is 2.95 bits per heavy atom. The van der Waals surface area contributed by atoms with E-state index >= 15 is 0 Å². The molecule has 5 heteroatoms. The summed E-state index contributed by atoms with van der Waals surface area (Å²) in [5.74, 6) is 0.391. The molecule has 0 bridgehead atoms. The molecule has 0 saturated carbocycles. The number of hydrogen-bond acceptors (Lipinski definition) is 4. The maximum atomic E-state index is 12.2. The second-order valence-corrected chi connectivity index (χ2v) is 5.66. The molecule has 5 nitrogen and oxygen atoms in total. The van der Waals surface area contributed by atoms with Gasteiger partial charge in [0.15, 0.2) is 0 Å². The van der Waals surface area contributed by atoms with Crippen molar-refractivity contribution in [2.24, 2.45) is 11.7 Å². The highest BCUT2D eigenvalue weighted by molar-refractivity contribution is 5.93. The lowest BCUT2D eigenvalue weighted by atomic mass is 9.93. The van der Waals surface area contributed by atoms with Gasteiger partial charge in [0.2, 0.25) is 5.91 Å². The van der Waals surface area contributed by atoms with Gasteiger partial charge in [-0.2, -0.15) is 5.26 Å². The van der Waals surface area contributed by atoms with Crippen molar-refractivity contribution >= 4 is 11.6 Å². The van der Waals surface area contributed by atoms with Crippen LogP contribution in [0.3, 0.4) is 0 Å². The van der Waals surface area contributed by atoms with Gasteiger partial charge in [-0.05, 0) is 44.4 Å². The van der Waals surface area contributed by atoms with E-state index in [-0.39, 0.29) is 5.91 Å². The SMILES string of the molecule is CC1CCC(CN)CN1CC(=O)Nc1ccccc1C#N. The lowest BCUT2D eigenvalue weighted by Gasteiger charge is -2.37. The number of hydrogen-bond donors (Lipinski definition) is 2. The average molecular weight is 286 g/mol. The number of nitrogens with two attached hydrogens (primary N) is 1. The number of benzene rings is 1. The summed E-state index contributed by atoms with van der Waals surface area (Å²) >= 11 is 0. The molecule has 1 heterocycles. The van der Waals surface area contributed by atoms with E-state index < -0.39 is 0 Å². The Hall–Kier alpha value is -1.90. The summed E-state index contributed by atoms with van der Waals surface area (Å²) in [7, 11) is 0. The number of carbonyl (C=O) groups excluding carboxylic acids is 1. The van der Waals surface area contributed by atoms with Gasteiger partial charge in [0, 0.05) is 12.6 Å². The van der Waals surface area contributed by atoms with Crippen molar-refractivity contribution in [3.05, 3.63) is 29.8 Å². The van der Waals surface area contributed by atoms with Crippen LogP contribution in [0.5, 0.6) is 0 Å². The first-order valence-corrected chi connectivity index (χ1v) is 7.37. The minimum Gasteiger partial charge on any atom is -0.330 e. The number of nitrogens with zero attached hydrogens (tertiary/aromatic N) is 2. The molecule has 1 aromatic rings. The van der Waals surface area contributed by atoms with Crippen LogP contribution in [0.1, 0.15) is 25.3 Å². The van der Waals surface area contributed by atoms with Crippen LogP contribution in [0.25, 0.3) is 0 Å². The Bertz CT molecular complexity index is 537. The van der Waals surface area contributed by atoms with Gasteiger partial charge in [-0.25, -0.2) is 0 Å². The summed E-state index contributed by atoms with van der Waals surface area (Å²) in [6.45, 7) is 4.02. The maximum absolute atomic E-state index is 12.2. The predicted molar refractivity (Wildman–Crippen MR) is 82.6 cm³/mol. The summed E-state index contributed by atoms with van der Waals surface area (Å²) in [5, 5.41) is 11.9. The molecule has 112 valence electrons. The highest BCUT2D eigenvalue weighted by Gasteiger charge is 2.26. The molecule has 1 aliphatic rings. The molecule has 0 aromatic heterocycles. The van der Waals surface area contributed by atoms with Gasteiger partial charge in [0.25, 0.3) is 0 Å². The Morgan fingerprint density at radius 1 is 1.48 bits per heavy atom. The van der Waals surface area contributed by atoms with Crippen LogP contribution in [-0.4, -0.2) is 36.5 Å². The van der Waals surface area contributed by atoms with Crippen molar-refractivity contribution in [1.29, 1.82) is 5.26 Å². The molecular weight excluding hydrogens is 264 g/mol. The van der Waals surface area contributed by atoms with E-state index in [9.17, 15) is 4.79 Å². The summed E-state index contributed by atoms with van der Waals surface area (Å²) < 4.78 is 0. The van der Waals surface area contributed by atoms with E-state index in [0.29, 0.717) is 36.3 Å². The number of nitrogens with one attached hydrogen (secondary N) is 1. The normalized spacial score (nSPS) is 22.5. The standard InChI is InChI=1S/C16H22N4O/c1-12-6-7-13(8-17)10-20(12)11-16(21)19-15-5-3-2-4-14(15)9-18/h2-5,12-13H,6-8,10-11,17H2,1H3,(H,19,21). The van der Waals surface area contributed by atoms with Gasteiger partial charge in [0.1, 0.15) is 6.07 Å². The van der Waals surface area contributed by atoms with Crippen molar-refractivity contribution in [1.82, 2.24) is 4.90 Å². The topological polar surface area (TPSA) is 82.2 Å². The second kappa shape index (κ2) is 7.21. The van der Waals surface area contributed by atoms with E-state index in [1.807, 2.05) is 6.07 Å². The first-order chi connectivity index (χ1) is 10.1. The fourth-order valence-electron chi connectivity index (χ4n) is 2.74. The molecule has 1 aliphatic heterocycles. The minimum absolute atomic E-state index is 0.0813. The minimum atomic E-state index is -0.0813. The number of amides is 1. The van der Waals surface area contributed by atoms with E-state index in [1.165, 1.54) is 0 Å². The predicted octanol–water partition coefficient (Wildman–Crippen LogP) is 1.56. The zero-order valence-corrected chi connectivity index (χ0v) is 12.4. The first kappa shape index (κ1) is 15.5. The third-order valence-corrected chi connectivity index (χ3v) is 4.11. The van der Waals surface area contributed by atoms with Gasteiger partial charge in [-0.15, -0.1) is 0 Å². The van der Waals surface area contributed by atoms with Gasteiger partial charge in [-0.1, -0.05) is 12.1 Å². The van der Waals surface area contributed by atoms with E-state index in [1.54, 1.807) is 18.2 Å². The number of para-hydroxylation sites is 1. The number of anilines is 1. The number of likely N-dealkylation sites (tertiary alicyclic amines) is 1. The van der Waals surface area contributed by atoms with Gasteiger partial charge < -0.3 is 11.1 Å². The first-order valence-electron chi connectivity index (χ1n) is 7.37. The Balaban J connectivity index is 1.96. The number of piperidine rings is 1. The molecule has 0 aliphatic carbocycles. The van der Waals surface area contributed by atoms with Crippen LogP contribution in [0.2, 0.25) is 0 Å². The highest BCUT2D eigenvalue weighted by Crippen LogP contribution is 2.21. The molecule has 2 rings (SSSR count). The summed E-state index contributed by atoms with van der Waals surface area (Å²) in [5.41, 5.74) is 6.80. The van der Waals surface area contributed by atoms with E-state index in [0.717, 1.165) is 19.4 Å². The van der Waals surface area contributed by atoms with Crippen LogP contribution < -0.4 is 11.1 Å². The van der Waals surface area contributed by atoms with Gasteiger partial charge in [0.05, 0.1) is 17.8 Å². The fourth-order valence-corrected chi connectivity index (χ4v) is 2.74. The fraction of sp³-hybridized carbons (Fsp3) is 0.500. The monoisotopic (exact) mass is 286 g/mol. The van der Waals surface area contributed by atoms with Crippen LogP contribution >= 0.6 is 0 Å². The average Bonchev–Trinajstić information content (AvgIpc) is 2.50. The number of carbonyl (C=O) groups is 1. The van der Waals surface area contributed by atoms with Crippen molar-refractivity contribution in [2.45, 2.75) is 25.8 Å². The van der Waals surface area contributed by atoms with Crippen molar-refractivity contribution in [3.8, 4) is 6.07 Å². The zero-order valence-electron chi connectivity index (χ0n) is 12.4. The quantitative estimate of drug-likeness (QED) is 0.880. The molecule has 2 atom stereocenters.